The number of nitrogens with one attached hydrogen (secondary N) is 1. The third-order valence-electron chi connectivity index (χ3n) is 1.97. The van der Waals surface area contributed by atoms with Gasteiger partial charge in [-0.1, -0.05) is 12.1 Å². The molecule has 0 spiro atoms. The summed E-state index contributed by atoms with van der Waals surface area (Å²) in [6.45, 7) is 3.50. The smallest absolute Gasteiger partial charge is 0.423 e. The van der Waals surface area contributed by atoms with Crippen LogP contribution in [0, 0.1) is 5.82 Å². The fourth-order valence-corrected chi connectivity index (χ4v) is 1.26. The van der Waals surface area contributed by atoms with E-state index in [1.807, 2.05) is 0 Å². The maximum absolute atomic E-state index is 13.6. The summed E-state index contributed by atoms with van der Waals surface area (Å²) in [7, 11) is -1.92. The summed E-state index contributed by atoms with van der Waals surface area (Å²) in [5.74, 6) is -1.48. The molecule has 0 fully saturated rings. The molecular weight excluding hydrogens is 212 g/mol. The molecule has 0 bridgehead atoms. The number of carbonyl (C=O) groups excluding carboxylic acids is 1. The van der Waals surface area contributed by atoms with E-state index in [0.29, 0.717) is 0 Å². The number of benzene rings is 1. The molecule has 4 nitrogen and oxygen atoms in total. The van der Waals surface area contributed by atoms with Crippen LogP contribution in [0.1, 0.15) is 24.2 Å². The highest BCUT2D eigenvalue weighted by Crippen LogP contribution is 2.05. The van der Waals surface area contributed by atoms with E-state index < -0.39 is 18.8 Å². The summed E-state index contributed by atoms with van der Waals surface area (Å²) in [5, 5.41) is 20.3. The van der Waals surface area contributed by atoms with Gasteiger partial charge in [-0.05, 0) is 19.9 Å². The van der Waals surface area contributed by atoms with Gasteiger partial charge in [0.2, 0.25) is 0 Å². The number of hydrogen-bond acceptors (Lipinski definition) is 3. The first-order valence-electron chi connectivity index (χ1n) is 4.89. The SMILES string of the molecule is CC(C)NC(=O)c1cccc(B(O)O)c1F. The molecule has 0 aromatic heterocycles. The normalized spacial score (nSPS) is 10.4. The van der Waals surface area contributed by atoms with Crippen LogP contribution in [0.2, 0.25) is 0 Å². The molecule has 0 saturated heterocycles. The zero-order valence-electron chi connectivity index (χ0n) is 9.07. The summed E-state index contributed by atoms with van der Waals surface area (Å²) in [6.07, 6.45) is 0. The van der Waals surface area contributed by atoms with Gasteiger partial charge in [-0.3, -0.25) is 4.79 Å². The molecule has 0 atom stereocenters. The Kier molecular flexibility index (Phi) is 4.03. The van der Waals surface area contributed by atoms with Crippen molar-refractivity contribution < 1.29 is 19.2 Å². The van der Waals surface area contributed by atoms with E-state index in [-0.39, 0.29) is 17.1 Å². The van der Waals surface area contributed by atoms with Gasteiger partial charge in [0, 0.05) is 11.5 Å². The lowest BCUT2D eigenvalue weighted by atomic mass is 9.79. The van der Waals surface area contributed by atoms with Gasteiger partial charge in [-0.2, -0.15) is 0 Å². The quantitative estimate of drug-likeness (QED) is 0.615. The number of amides is 1. The van der Waals surface area contributed by atoms with Crippen LogP contribution in [0.5, 0.6) is 0 Å². The van der Waals surface area contributed by atoms with E-state index in [1.165, 1.54) is 18.2 Å². The third kappa shape index (κ3) is 2.80. The van der Waals surface area contributed by atoms with Crippen LogP contribution in [-0.2, 0) is 0 Å². The fourth-order valence-electron chi connectivity index (χ4n) is 1.26. The summed E-state index contributed by atoms with van der Waals surface area (Å²) in [5.41, 5.74) is -0.504. The van der Waals surface area contributed by atoms with Crippen LogP contribution in [0.3, 0.4) is 0 Å². The fraction of sp³-hybridized carbons (Fsp3) is 0.300. The average molecular weight is 225 g/mol. The van der Waals surface area contributed by atoms with E-state index in [0.717, 1.165) is 0 Å². The summed E-state index contributed by atoms with van der Waals surface area (Å²) >= 11 is 0. The second kappa shape index (κ2) is 5.09. The first kappa shape index (κ1) is 12.7. The summed E-state index contributed by atoms with van der Waals surface area (Å²) in [4.78, 5) is 11.5. The van der Waals surface area contributed by atoms with Crippen LogP contribution < -0.4 is 10.8 Å². The van der Waals surface area contributed by atoms with Gasteiger partial charge in [-0.15, -0.1) is 0 Å². The molecule has 0 radical (unpaired) electrons. The molecule has 1 aromatic rings. The minimum absolute atomic E-state index is 0.116. The van der Waals surface area contributed by atoms with Crippen molar-refractivity contribution in [2.45, 2.75) is 19.9 Å². The molecule has 16 heavy (non-hydrogen) atoms. The molecule has 0 aliphatic rings. The number of hydrogen-bond donors (Lipinski definition) is 3. The van der Waals surface area contributed by atoms with Crippen LogP contribution in [-0.4, -0.2) is 29.1 Å². The number of carbonyl (C=O) groups is 1. The Bertz CT molecular complexity index is 396. The van der Waals surface area contributed by atoms with Crippen molar-refractivity contribution in [3.05, 3.63) is 29.6 Å². The van der Waals surface area contributed by atoms with Crippen LogP contribution in [0.25, 0.3) is 0 Å². The Morgan fingerprint density at radius 3 is 2.56 bits per heavy atom. The molecule has 0 saturated carbocycles. The predicted octanol–water partition coefficient (Wildman–Crippen LogP) is -0.356. The number of halogens is 1. The topological polar surface area (TPSA) is 69.6 Å². The molecule has 0 unspecified atom stereocenters. The largest absolute Gasteiger partial charge is 0.491 e. The Labute approximate surface area is 93.2 Å². The molecule has 0 heterocycles. The zero-order chi connectivity index (χ0) is 12.3. The lowest BCUT2D eigenvalue weighted by Crippen LogP contribution is -2.37. The van der Waals surface area contributed by atoms with Crippen molar-refractivity contribution in [1.29, 1.82) is 0 Å². The molecule has 86 valence electrons. The Morgan fingerprint density at radius 2 is 2.06 bits per heavy atom. The lowest BCUT2D eigenvalue weighted by molar-refractivity contribution is 0.0939. The minimum atomic E-state index is -1.92. The maximum atomic E-state index is 13.6. The Morgan fingerprint density at radius 1 is 1.44 bits per heavy atom. The van der Waals surface area contributed by atoms with E-state index in [9.17, 15) is 9.18 Å². The van der Waals surface area contributed by atoms with Gasteiger partial charge in [0.25, 0.3) is 5.91 Å². The Hall–Kier alpha value is -1.40. The highest BCUT2D eigenvalue weighted by Gasteiger charge is 2.21. The van der Waals surface area contributed by atoms with Crippen molar-refractivity contribution in [2.75, 3.05) is 0 Å². The number of rotatable bonds is 3. The molecule has 1 amide bonds. The standard InChI is InChI=1S/C10H13BFNO3/c1-6(2)13-10(14)7-4-3-5-8(9(7)12)11(15)16/h3-6,15-16H,1-2H3,(H,13,14). The molecule has 0 aliphatic heterocycles. The predicted molar refractivity (Wildman–Crippen MR) is 58.8 cm³/mol. The third-order valence-corrected chi connectivity index (χ3v) is 1.97. The van der Waals surface area contributed by atoms with Crippen molar-refractivity contribution in [1.82, 2.24) is 5.32 Å². The first-order valence-corrected chi connectivity index (χ1v) is 4.89. The van der Waals surface area contributed by atoms with E-state index in [2.05, 4.69) is 5.32 Å². The second-order valence-electron chi connectivity index (χ2n) is 3.71. The molecule has 1 aromatic carbocycles. The van der Waals surface area contributed by atoms with E-state index >= 15 is 0 Å². The highest BCUT2D eigenvalue weighted by atomic mass is 19.1. The molecular formula is C10H13BFNO3. The van der Waals surface area contributed by atoms with Crippen molar-refractivity contribution in [3.63, 3.8) is 0 Å². The molecule has 0 aliphatic carbocycles. The molecule has 6 heteroatoms. The first-order chi connectivity index (χ1) is 7.43. The minimum Gasteiger partial charge on any atom is -0.423 e. The van der Waals surface area contributed by atoms with Gasteiger partial charge in [-0.25, -0.2) is 4.39 Å². The van der Waals surface area contributed by atoms with Gasteiger partial charge < -0.3 is 15.4 Å². The summed E-state index contributed by atoms with van der Waals surface area (Å²) < 4.78 is 13.6. The monoisotopic (exact) mass is 225 g/mol. The van der Waals surface area contributed by atoms with E-state index in [1.54, 1.807) is 13.8 Å². The average Bonchev–Trinajstić information content (AvgIpc) is 2.16. The Balaban J connectivity index is 3.06. The van der Waals surface area contributed by atoms with Crippen LogP contribution in [0.15, 0.2) is 18.2 Å². The highest BCUT2D eigenvalue weighted by molar-refractivity contribution is 6.58. The summed E-state index contributed by atoms with van der Waals surface area (Å²) in [6, 6.07) is 3.78. The molecule has 1 rings (SSSR count). The van der Waals surface area contributed by atoms with Gasteiger partial charge in [0.15, 0.2) is 0 Å². The van der Waals surface area contributed by atoms with Crippen molar-refractivity contribution in [2.24, 2.45) is 0 Å². The van der Waals surface area contributed by atoms with Crippen LogP contribution >= 0.6 is 0 Å². The molecule has 3 N–H and O–H groups in total. The van der Waals surface area contributed by atoms with Crippen molar-refractivity contribution in [3.8, 4) is 0 Å². The van der Waals surface area contributed by atoms with Crippen molar-refractivity contribution >= 4 is 18.5 Å². The lowest BCUT2D eigenvalue weighted by Gasteiger charge is -2.10. The van der Waals surface area contributed by atoms with Gasteiger partial charge in [0.1, 0.15) is 5.82 Å². The van der Waals surface area contributed by atoms with Crippen LogP contribution in [0.4, 0.5) is 4.39 Å². The van der Waals surface area contributed by atoms with Gasteiger partial charge in [0.05, 0.1) is 5.56 Å². The van der Waals surface area contributed by atoms with E-state index in [4.69, 9.17) is 10.0 Å². The maximum Gasteiger partial charge on any atom is 0.491 e. The zero-order valence-corrected chi connectivity index (χ0v) is 9.07. The van der Waals surface area contributed by atoms with Gasteiger partial charge >= 0.3 is 7.12 Å². The second-order valence-corrected chi connectivity index (χ2v) is 3.71.